The second kappa shape index (κ2) is 9.47. The standard InChI is InChI=1S/C16H22ClFN2O3/c1-3-10(4-2)13(21)8-19-14(22)9-20-16(23)15-11(17)6-5-7-12(15)18/h5-7,10,13,21H,3-4,8-9H2,1-2H3,(H,19,22)(H,20,23). The number of carbonyl (C=O) groups excluding carboxylic acids is 2. The molecule has 3 N–H and O–H groups in total. The van der Waals surface area contributed by atoms with Gasteiger partial charge in [-0.25, -0.2) is 4.39 Å². The lowest BCUT2D eigenvalue weighted by atomic mass is 9.96. The molecule has 0 heterocycles. The number of carbonyl (C=O) groups is 2. The molecule has 0 aliphatic heterocycles. The summed E-state index contributed by atoms with van der Waals surface area (Å²) in [6, 6.07) is 3.90. The molecule has 23 heavy (non-hydrogen) atoms. The molecule has 0 aromatic heterocycles. The highest BCUT2D eigenvalue weighted by Gasteiger charge is 2.18. The van der Waals surface area contributed by atoms with Gasteiger partial charge in [0.15, 0.2) is 0 Å². The fourth-order valence-electron chi connectivity index (χ4n) is 2.24. The van der Waals surface area contributed by atoms with Crippen molar-refractivity contribution in [1.82, 2.24) is 10.6 Å². The first-order chi connectivity index (χ1) is 10.9. The smallest absolute Gasteiger partial charge is 0.256 e. The van der Waals surface area contributed by atoms with Crippen molar-refractivity contribution in [1.29, 1.82) is 0 Å². The Morgan fingerprint density at radius 3 is 2.48 bits per heavy atom. The minimum absolute atomic E-state index is 0.0212. The first kappa shape index (κ1) is 19.4. The maximum Gasteiger partial charge on any atom is 0.256 e. The number of amides is 2. The minimum Gasteiger partial charge on any atom is -0.391 e. The van der Waals surface area contributed by atoms with Crippen molar-refractivity contribution < 1.29 is 19.1 Å². The number of halogens is 2. The van der Waals surface area contributed by atoms with E-state index in [1.54, 1.807) is 0 Å². The maximum absolute atomic E-state index is 13.6. The van der Waals surface area contributed by atoms with E-state index in [9.17, 15) is 19.1 Å². The first-order valence-corrected chi connectivity index (χ1v) is 7.95. The van der Waals surface area contributed by atoms with Crippen LogP contribution in [0.2, 0.25) is 5.02 Å². The van der Waals surface area contributed by atoms with Crippen LogP contribution in [0, 0.1) is 11.7 Å². The van der Waals surface area contributed by atoms with E-state index in [1.807, 2.05) is 13.8 Å². The van der Waals surface area contributed by atoms with E-state index in [4.69, 9.17) is 11.6 Å². The predicted octanol–water partition coefficient (Wildman–Crippen LogP) is 2.12. The maximum atomic E-state index is 13.6. The summed E-state index contributed by atoms with van der Waals surface area (Å²) in [7, 11) is 0. The second-order valence-electron chi connectivity index (χ2n) is 5.23. The number of benzene rings is 1. The van der Waals surface area contributed by atoms with Crippen LogP contribution < -0.4 is 10.6 Å². The molecule has 0 fully saturated rings. The Hall–Kier alpha value is -1.66. The average Bonchev–Trinajstić information content (AvgIpc) is 2.52. The molecule has 1 unspecified atom stereocenters. The van der Waals surface area contributed by atoms with E-state index < -0.39 is 23.7 Å². The summed E-state index contributed by atoms with van der Waals surface area (Å²) in [6.07, 6.45) is 0.997. The SMILES string of the molecule is CCC(CC)C(O)CNC(=O)CNC(=O)c1c(F)cccc1Cl. The molecule has 0 saturated heterocycles. The highest BCUT2D eigenvalue weighted by atomic mass is 35.5. The molecule has 0 spiro atoms. The monoisotopic (exact) mass is 344 g/mol. The number of hydrogen-bond acceptors (Lipinski definition) is 3. The molecular weight excluding hydrogens is 323 g/mol. The number of aliphatic hydroxyl groups is 1. The Morgan fingerprint density at radius 1 is 1.26 bits per heavy atom. The number of aliphatic hydroxyl groups excluding tert-OH is 1. The number of hydrogen-bond donors (Lipinski definition) is 3. The van der Waals surface area contributed by atoms with Crippen LogP contribution in [0.15, 0.2) is 18.2 Å². The van der Waals surface area contributed by atoms with Crippen molar-refractivity contribution in [2.75, 3.05) is 13.1 Å². The molecule has 1 aromatic rings. The fraction of sp³-hybridized carbons (Fsp3) is 0.500. The zero-order chi connectivity index (χ0) is 17.4. The van der Waals surface area contributed by atoms with Gasteiger partial charge in [0.05, 0.1) is 23.2 Å². The second-order valence-corrected chi connectivity index (χ2v) is 5.63. The van der Waals surface area contributed by atoms with E-state index in [1.165, 1.54) is 12.1 Å². The molecule has 0 aliphatic carbocycles. The van der Waals surface area contributed by atoms with Crippen molar-refractivity contribution in [2.45, 2.75) is 32.8 Å². The van der Waals surface area contributed by atoms with Crippen molar-refractivity contribution in [3.63, 3.8) is 0 Å². The van der Waals surface area contributed by atoms with Crippen LogP contribution in [-0.2, 0) is 4.79 Å². The number of rotatable bonds is 8. The summed E-state index contributed by atoms with van der Waals surface area (Å²) >= 11 is 5.77. The van der Waals surface area contributed by atoms with Gasteiger partial charge in [0.2, 0.25) is 5.91 Å². The molecule has 5 nitrogen and oxygen atoms in total. The van der Waals surface area contributed by atoms with E-state index in [2.05, 4.69) is 10.6 Å². The summed E-state index contributed by atoms with van der Waals surface area (Å²) in [6.45, 7) is 3.73. The lowest BCUT2D eigenvalue weighted by molar-refractivity contribution is -0.120. The third-order valence-electron chi connectivity index (χ3n) is 3.70. The lowest BCUT2D eigenvalue weighted by Gasteiger charge is -2.20. The van der Waals surface area contributed by atoms with Crippen molar-refractivity contribution >= 4 is 23.4 Å². The van der Waals surface area contributed by atoms with Gasteiger partial charge in [0, 0.05) is 6.54 Å². The highest BCUT2D eigenvalue weighted by Crippen LogP contribution is 2.18. The van der Waals surface area contributed by atoms with Crippen LogP contribution >= 0.6 is 11.6 Å². The third kappa shape index (κ3) is 5.80. The van der Waals surface area contributed by atoms with Crippen molar-refractivity contribution in [3.8, 4) is 0 Å². The molecular formula is C16H22ClFN2O3. The zero-order valence-corrected chi connectivity index (χ0v) is 14.0. The normalized spacial score (nSPS) is 12.1. The van der Waals surface area contributed by atoms with Crippen LogP contribution in [0.1, 0.15) is 37.0 Å². The van der Waals surface area contributed by atoms with Gasteiger partial charge in [-0.2, -0.15) is 0 Å². The summed E-state index contributed by atoms with van der Waals surface area (Å²) < 4.78 is 13.6. The zero-order valence-electron chi connectivity index (χ0n) is 13.2. The van der Waals surface area contributed by atoms with Gasteiger partial charge >= 0.3 is 0 Å². The van der Waals surface area contributed by atoms with E-state index in [0.717, 1.165) is 18.9 Å². The number of nitrogens with one attached hydrogen (secondary N) is 2. The molecule has 7 heteroatoms. The summed E-state index contributed by atoms with van der Waals surface area (Å²) in [5, 5.41) is 14.7. The van der Waals surface area contributed by atoms with Crippen LogP contribution in [0.4, 0.5) is 4.39 Å². The fourth-order valence-corrected chi connectivity index (χ4v) is 2.49. The highest BCUT2D eigenvalue weighted by molar-refractivity contribution is 6.33. The lowest BCUT2D eigenvalue weighted by Crippen LogP contribution is -2.41. The van der Waals surface area contributed by atoms with Gasteiger partial charge in [-0.15, -0.1) is 0 Å². The van der Waals surface area contributed by atoms with E-state index in [0.29, 0.717) is 0 Å². The van der Waals surface area contributed by atoms with E-state index in [-0.39, 0.29) is 29.6 Å². The predicted molar refractivity (Wildman–Crippen MR) is 86.8 cm³/mol. The first-order valence-electron chi connectivity index (χ1n) is 7.57. The van der Waals surface area contributed by atoms with Gasteiger partial charge in [-0.1, -0.05) is 44.4 Å². The van der Waals surface area contributed by atoms with Crippen LogP contribution in [0.25, 0.3) is 0 Å². The Labute approximate surface area is 140 Å². The van der Waals surface area contributed by atoms with Crippen molar-refractivity contribution in [2.24, 2.45) is 5.92 Å². The Morgan fingerprint density at radius 2 is 1.91 bits per heavy atom. The third-order valence-corrected chi connectivity index (χ3v) is 4.02. The van der Waals surface area contributed by atoms with Gasteiger partial charge in [0.25, 0.3) is 5.91 Å². The Kier molecular flexibility index (Phi) is 7.98. The minimum atomic E-state index is -0.760. The molecule has 128 valence electrons. The topological polar surface area (TPSA) is 78.4 Å². The average molecular weight is 345 g/mol. The Balaban J connectivity index is 2.46. The summed E-state index contributed by atoms with van der Waals surface area (Å²) in [4.78, 5) is 23.6. The molecule has 2 amide bonds. The Bertz CT molecular complexity index is 530. The van der Waals surface area contributed by atoms with Crippen molar-refractivity contribution in [3.05, 3.63) is 34.6 Å². The van der Waals surface area contributed by atoms with Gasteiger partial charge in [-0.3, -0.25) is 9.59 Å². The molecule has 0 bridgehead atoms. The molecule has 1 rings (SSSR count). The molecule has 0 radical (unpaired) electrons. The summed E-state index contributed by atoms with van der Waals surface area (Å²) in [5.74, 6) is -1.86. The largest absolute Gasteiger partial charge is 0.391 e. The van der Waals surface area contributed by atoms with Gasteiger partial charge in [0.1, 0.15) is 5.82 Å². The van der Waals surface area contributed by atoms with Gasteiger partial charge in [-0.05, 0) is 18.1 Å². The van der Waals surface area contributed by atoms with Crippen LogP contribution in [0.5, 0.6) is 0 Å². The van der Waals surface area contributed by atoms with Gasteiger partial charge < -0.3 is 15.7 Å². The summed E-state index contributed by atoms with van der Waals surface area (Å²) in [5.41, 5.74) is -0.293. The molecule has 1 atom stereocenters. The molecule has 0 aliphatic rings. The molecule has 0 saturated carbocycles. The van der Waals surface area contributed by atoms with Crippen LogP contribution in [-0.4, -0.2) is 36.1 Å². The van der Waals surface area contributed by atoms with E-state index >= 15 is 0 Å². The molecule has 1 aromatic carbocycles. The van der Waals surface area contributed by atoms with Crippen LogP contribution in [0.3, 0.4) is 0 Å². The quantitative estimate of drug-likeness (QED) is 0.676.